The highest BCUT2D eigenvalue weighted by Gasteiger charge is 2.18. The zero-order valence-corrected chi connectivity index (χ0v) is 10.5. The first-order chi connectivity index (χ1) is 8.66. The zero-order valence-electron chi connectivity index (χ0n) is 10.5. The van der Waals surface area contributed by atoms with Gasteiger partial charge >= 0.3 is 5.69 Å². The van der Waals surface area contributed by atoms with Gasteiger partial charge in [0, 0.05) is 12.7 Å². The minimum absolute atomic E-state index is 0.0467. The van der Waals surface area contributed by atoms with Crippen molar-refractivity contribution in [2.75, 3.05) is 32.0 Å². The van der Waals surface area contributed by atoms with Crippen LogP contribution in [0.4, 0.5) is 11.4 Å². The molecule has 2 rings (SSSR count). The number of likely N-dealkylation sites (tertiary alicyclic amines) is 1. The Morgan fingerprint density at radius 3 is 2.94 bits per heavy atom. The van der Waals surface area contributed by atoms with Crippen molar-refractivity contribution in [3.05, 3.63) is 28.6 Å². The molecule has 1 aliphatic heterocycles. The van der Waals surface area contributed by atoms with E-state index in [2.05, 4.69) is 22.2 Å². The van der Waals surface area contributed by atoms with Crippen LogP contribution in [0.25, 0.3) is 0 Å². The number of hydrogen-bond acceptors (Lipinski definition) is 5. The molecule has 1 aliphatic rings. The van der Waals surface area contributed by atoms with Crippen molar-refractivity contribution in [2.45, 2.75) is 12.8 Å². The minimum Gasteiger partial charge on any atom is -0.379 e. The van der Waals surface area contributed by atoms with E-state index in [1.807, 2.05) is 0 Å². The molecule has 1 fully saturated rings. The summed E-state index contributed by atoms with van der Waals surface area (Å²) in [6.45, 7) is 2.99. The van der Waals surface area contributed by atoms with Gasteiger partial charge in [0.1, 0.15) is 11.9 Å². The van der Waals surface area contributed by atoms with Crippen LogP contribution in [-0.4, -0.2) is 41.5 Å². The third kappa shape index (κ3) is 3.16. The van der Waals surface area contributed by atoms with Crippen molar-refractivity contribution in [3.8, 4) is 0 Å². The topological polar surface area (TPSA) is 71.3 Å². The third-order valence-corrected chi connectivity index (χ3v) is 3.42. The summed E-state index contributed by atoms with van der Waals surface area (Å²) in [6, 6.07) is 1.66. The lowest BCUT2D eigenvalue weighted by atomic mass is 9.97. The molecule has 0 amide bonds. The van der Waals surface area contributed by atoms with Gasteiger partial charge in [0.15, 0.2) is 0 Å². The number of nitrogens with one attached hydrogen (secondary N) is 1. The first-order valence-corrected chi connectivity index (χ1v) is 6.17. The Kier molecular flexibility index (Phi) is 4.09. The second kappa shape index (κ2) is 5.77. The Bertz CT molecular complexity index is 416. The molecule has 0 aliphatic carbocycles. The molecule has 2 heterocycles. The molecule has 18 heavy (non-hydrogen) atoms. The molecule has 0 radical (unpaired) electrons. The molecular formula is C12H18N4O2. The van der Waals surface area contributed by atoms with E-state index in [0.717, 1.165) is 32.5 Å². The average molecular weight is 250 g/mol. The van der Waals surface area contributed by atoms with E-state index in [4.69, 9.17) is 0 Å². The van der Waals surface area contributed by atoms with Crippen molar-refractivity contribution in [3.63, 3.8) is 0 Å². The maximum atomic E-state index is 10.8. The molecule has 6 nitrogen and oxygen atoms in total. The fourth-order valence-corrected chi connectivity index (χ4v) is 2.20. The van der Waals surface area contributed by atoms with Crippen LogP contribution in [0.3, 0.4) is 0 Å². The Labute approximate surface area is 106 Å². The number of anilines is 1. The molecule has 0 saturated carbocycles. The molecule has 6 heteroatoms. The lowest BCUT2D eigenvalue weighted by Crippen LogP contribution is -2.33. The summed E-state index contributed by atoms with van der Waals surface area (Å²) in [5, 5.41) is 14.0. The monoisotopic (exact) mass is 250 g/mol. The Hall–Kier alpha value is -1.69. The SMILES string of the molecule is CN1CCC(CNc2ccncc2[N+](=O)[O-])CC1. The van der Waals surface area contributed by atoms with Crippen LogP contribution < -0.4 is 5.32 Å². The summed E-state index contributed by atoms with van der Waals surface area (Å²) < 4.78 is 0. The van der Waals surface area contributed by atoms with E-state index in [1.165, 1.54) is 6.20 Å². The van der Waals surface area contributed by atoms with Crippen LogP contribution in [0.15, 0.2) is 18.5 Å². The maximum Gasteiger partial charge on any atom is 0.310 e. The number of rotatable bonds is 4. The Balaban J connectivity index is 1.92. The van der Waals surface area contributed by atoms with E-state index in [1.54, 1.807) is 12.3 Å². The summed E-state index contributed by atoms with van der Waals surface area (Å²) in [4.78, 5) is 16.5. The predicted molar refractivity (Wildman–Crippen MR) is 69.6 cm³/mol. The van der Waals surface area contributed by atoms with Gasteiger partial charge in [-0.3, -0.25) is 15.1 Å². The summed E-state index contributed by atoms with van der Waals surface area (Å²) in [7, 11) is 2.12. The van der Waals surface area contributed by atoms with Gasteiger partial charge < -0.3 is 10.2 Å². The van der Waals surface area contributed by atoms with Crippen LogP contribution in [-0.2, 0) is 0 Å². The van der Waals surface area contributed by atoms with E-state index >= 15 is 0 Å². The minimum atomic E-state index is -0.399. The summed E-state index contributed by atoms with van der Waals surface area (Å²) >= 11 is 0. The number of nitro groups is 1. The maximum absolute atomic E-state index is 10.8. The van der Waals surface area contributed by atoms with Gasteiger partial charge in [-0.2, -0.15) is 0 Å². The normalized spacial score (nSPS) is 17.6. The average Bonchev–Trinajstić information content (AvgIpc) is 2.38. The van der Waals surface area contributed by atoms with Crippen LogP contribution >= 0.6 is 0 Å². The van der Waals surface area contributed by atoms with E-state index in [-0.39, 0.29) is 5.69 Å². The molecular weight excluding hydrogens is 232 g/mol. The highest BCUT2D eigenvalue weighted by molar-refractivity contribution is 5.59. The van der Waals surface area contributed by atoms with Crippen molar-refractivity contribution < 1.29 is 4.92 Å². The zero-order chi connectivity index (χ0) is 13.0. The lowest BCUT2D eigenvalue weighted by molar-refractivity contribution is -0.384. The van der Waals surface area contributed by atoms with Crippen LogP contribution in [0.5, 0.6) is 0 Å². The van der Waals surface area contributed by atoms with Gasteiger partial charge in [-0.05, 0) is 45.0 Å². The van der Waals surface area contributed by atoms with Gasteiger partial charge in [-0.15, -0.1) is 0 Å². The standard InChI is InChI=1S/C12H18N4O2/c1-15-6-3-10(4-7-15)8-14-11-2-5-13-9-12(11)16(17)18/h2,5,9-10H,3-4,6-8H2,1H3,(H,13,14). The fraction of sp³-hybridized carbons (Fsp3) is 0.583. The molecule has 1 aromatic rings. The summed E-state index contributed by atoms with van der Waals surface area (Å²) in [5.74, 6) is 0.592. The highest BCUT2D eigenvalue weighted by atomic mass is 16.6. The molecule has 1 N–H and O–H groups in total. The highest BCUT2D eigenvalue weighted by Crippen LogP contribution is 2.23. The molecule has 0 atom stereocenters. The van der Waals surface area contributed by atoms with Crippen molar-refractivity contribution in [2.24, 2.45) is 5.92 Å². The Morgan fingerprint density at radius 2 is 2.28 bits per heavy atom. The molecule has 0 unspecified atom stereocenters. The van der Waals surface area contributed by atoms with Crippen LogP contribution in [0, 0.1) is 16.0 Å². The molecule has 0 spiro atoms. The Morgan fingerprint density at radius 1 is 1.56 bits per heavy atom. The smallest absolute Gasteiger partial charge is 0.310 e. The quantitative estimate of drug-likeness (QED) is 0.651. The number of hydrogen-bond donors (Lipinski definition) is 1. The summed E-state index contributed by atoms with van der Waals surface area (Å²) in [6.07, 6.45) is 5.14. The first-order valence-electron chi connectivity index (χ1n) is 6.17. The molecule has 0 bridgehead atoms. The second-order valence-corrected chi connectivity index (χ2v) is 4.78. The fourth-order valence-electron chi connectivity index (χ4n) is 2.20. The lowest BCUT2D eigenvalue weighted by Gasteiger charge is -2.29. The number of piperidine rings is 1. The molecule has 1 aromatic heterocycles. The first kappa shape index (κ1) is 12.8. The number of nitrogens with zero attached hydrogens (tertiary/aromatic N) is 3. The van der Waals surface area contributed by atoms with Gasteiger partial charge in [-0.25, -0.2) is 0 Å². The second-order valence-electron chi connectivity index (χ2n) is 4.78. The largest absolute Gasteiger partial charge is 0.379 e. The van der Waals surface area contributed by atoms with Crippen molar-refractivity contribution in [1.82, 2.24) is 9.88 Å². The number of aromatic nitrogens is 1. The number of pyridine rings is 1. The van der Waals surface area contributed by atoms with Gasteiger partial charge in [0.25, 0.3) is 0 Å². The van der Waals surface area contributed by atoms with Crippen LogP contribution in [0.2, 0.25) is 0 Å². The van der Waals surface area contributed by atoms with E-state index in [0.29, 0.717) is 11.6 Å². The third-order valence-electron chi connectivity index (χ3n) is 3.42. The van der Waals surface area contributed by atoms with Crippen LogP contribution in [0.1, 0.15) is 12.8 Å². The predicted octanol–water partition coefficient (Wildman–Crippen LogP) is 1.74. The molecule has 0 aromatic carbocycles. The van der Waals surface area contributed by atoms with Gasteiger partial charge in [0.05, 0.1) is 4.92 Å². The van der Waals surface area contributed by atoms with Gasteiger partial charge in [-0.1, -0.05) is 0 Å². The molecule has 98 valence electrons. The molecule has 1 saturated heterocycles. The van der Waals surface area contributed by atoms with E-state index in [9.17, 15) is 10.1 Å². The van der Waals surface area contributed by atoms with E-state index < -0.39 is 4.92 Å². The van der Waals surface area contributed by atoms with Crippen molar-refractivity contribution in [1.29, 1.82) is 0 Å². The van der Waals surface area contributed by atoms with Crippen molar-refractivity contribution >= 4 is 11.4 Å². The summed E-state index contributed by atoms with van der Waals surface area (Å²) in [5.41, 5.74) is 0.611. The van der Waals surface area contributed by atoms with Gasteiger partial charge in [0.2, 0.25) is 0 Å².